The molecular formula is C10H11N3O3S. The monoisotopic (exact) mass is 253 g/mol. The Kier molecular flexibility index (Phi) is 3.48. The van der Waals surface area contributed by atoms with Crippen molar-refractivity contribution in [2.75, 3.05) is 19.8 Å². The van der Waals surface area contributed by atoms with Gasteiger partial charge in [0.1, 0.15) is 0 Å². The first-order valence-electron chi connectivity index (χ1n) is 4.87. The third kappa shape index (κ3) is 2.88. The number of carbonyl (C=O) groups is 1. The molecule has 0 spiro atoms. The Morgan fingerprint density at radius 3 is 2.94 bits per heavy atom. The van der Waals surface area contributed by atoms with Crippen LogP contribution in [0.4, 0.5) is 0 Å². The molecule has 2 rings (SSSR count). The lowest BCUT2D eigenvalue weighted by Crippen LogP contribution is -2.23. The van der Waals surface area contributed by atoms with Crippen LogP contribution in [0.5, 0.6) is 0 Å². The van der Waals surface area contributed by atoms with Crippen molar-refractivity contribution in [1.82, 2.24) is 15.1 Å². The van der Waals surface area contributed by atoms with E-state index in [1.54, 1.807) is 26.2 Å². The lowest BCUT2D eigenvalue weighted by atomic mass is 10.5. The predicted octanol–water partition coefficient (Wildman–Crippen LogP) is 1.51. The Balaban J connectivity index is 1.97. The normalized spacial score (nSPS) is 10.5. The largest absolute Gasteiger partial charge is 0.459 e. The Labute approximate surface area is 102 Å². The first-order chi connectivity index (χ1) is 8.16. The molecule has 17 heavy (non-hydrogen) atoms. The van der Waals surface area contributed by atoms with Gasteiger partial charge in [-0.05, 0) is 12.1 Å². The van der Waals surface area contributed by atoms with Gasteiger partial charge in [-0.25, -0.2) is 0 Å². The Hall–Kier alpha value is -1.76. The van der Waals surface area contributed by atoms with Gasteiger partial charge in [0, 0.05) is 14.1 Å². The summed E-state index contributed by atoms with van der Waals surface area (Å²) in [5, 5.41) is 8.00. The molecule has 1 amide bonds. The van der Waals surface area contributed by atoms with E-state index in [2.05, 4.69) is 10.2 Å². The molecule has 2 aromatic heterocycles. The van der Waals surface area contributed by atoms with E-state index in [9.17, 15) is 4.79 Å². The molecule has 2 heterocycles. The third-order valence-electron chi connectivity index (χ3n) is 1.96. The van der Waals surface area contributed by atoms with Gasteiger partial charge in [-0.3, -0.25) is 4.79 Å². The molecule has 0 bridgehead atoms. The predicted molar refractivity (Wildman–Crippen MR) is 61.4 cm³/mol. The highest BCUT2D eigenvalue weighted by Gasteiger charge is 2.13. The van der Waals surface area contributed by atoms with Gasteiger partial charge >= 0.3 is 0 Å². The zero-order valence-corrected chi connectivity index (χ0v) is 10.2. The van der Waals surface area contributed by atoms with Crippen LogP contribution in [0, 0.1) is 0 Å². The summed E-state index contributed by atoms with van der Waals surface area (Å²) in [6, 6.07) is 3.47. The minimum Gasteiger partial charge on any atom is -0.459 e. The van der Waals surface area contributed by atoms with Gasteiger partial charge in [0.2, 0.25) is 5.91 Å². The zero-order valence-electron chi connectivity index (χ0n) is 9.41. The summed E-state index contributed by atoms with van der Waals surface area (Å²) in [5.74, 6) is 1.10. The summed E-state index contributed by atoms with van der Waals surface area (Å²) in [4.78, 5) is 12.9. The summed E-state index contributed by atoms with van der Waals surface area (Å²) < 4.78 is 10.5. The molecule has 2 aromatic rings. The second-order valence-corrected chi connectivity index (χ2v) is 4.35. The fourth-order valence-corrected chi connectivity index (χ4v) is 1.76. The van der Waals surface area contributed by atoms with Crippen LogP contribution in [0.25, 0.3) is 11.7 Å². The number of rotatable bonds is 4. The molecule has 0 atom stereocenters. The number of aromatic nitrogens is 2. The van der Waals surface area contributed by atoms with Crippen molar-refractivity contribution >= 4 is 17.7 Å². The quantitative estimate of drug-likeness (QED) is 0.769. The van der Waals surface area contributed by atoms with Crippen molar-refractivity contribution in [3.63, 3.8) is 0 Å². The highest BCUT2D eigenvalue weighted by atomic mass is 32.2. The molecule has 6 nitrogen and oxygen atoms in total. The van der Waals surface area contributed by atoms with Crippen LogP contribution in [0.2, 0.25) is 0 Å². The number of nitrogens with zero attached hydrogens (tertiary/aromatic N) is 3. The van der Waals surface area contributed by atoms with E-state index < -0.39 is 0 Å². The second kappa shape index (κ2) is 5.05. The van der Waals surface area contributed by atoms with Crippen LogP contribution in [0.1, 0.15) is 0 Å². The molecule has 0 N–H and O–H groups in total. The van der Waals surface area contributed by atoms with Gasteiger partial charge in [-0.1, -0.05) is 11.8 Å². The van der Waals surface area contributed by atoms with Crippen molar-refractivity contribution in [2.45, 2.75) is 5.22 Å². The molecule has 0 saturated carbocycles. The standard InChI is InChI=1S/C10H11N3O3S/c1-13(2)8(14)6-17-10-12-11-9(16-10)7-4-3-5-15-7/h3-5H,6H2,1-2H3. The number of hydrogen-bond donors (Lipinski definition) is 0. The molecular weight excluding hydrogens is 242 g/mol. The average molecular weight is 253 g/mol. The minimum absolute atomic E-state index is 0.00671. The Bertz CT molecular complexity index is 493. The van der Waals surface area contributed by atoms with Crippen LogP contribution in [0.3, 0.4) is 0 Å². The fraction of sp³-hybridized carbons (Fsp3) is 0.300. The van der Waals surface area contributed by atoms with Gasteiger partial charge in [-0.2, -0.15) is 0 Å². The maximum absolute atomic E-state index is 11.3. The Morgan fingerprint density at radius 1 is 1.47 bits per heavy atom. The van der Waals surface area contributed by atoms with E-state index in [4.69, 9.17) is 8.83 Å². The average Bonchev–Trinajstić information content (AvgIpc) is 2.95. The molecule has 0 aliphatic heterocycles. The topological polar surface area (TPSA) is 72.4 Å². The van der Waals surface area contributed by atoms with Crippen molar-refractivity contribution in [1.29, 1.82) is 0 Å². The van der Waals surface area contributed by atoms with Gasteiger partial charge in [0.25, 0.3) is 11.1 Å². The smallest absolute Gasteiger partial charge is 0.284 e. The zero-order chi connectivity index (χ0) is 12.3. The maximum atomic E-state index is 11.3. The van der Waals surface area contributed by atoms with Gasteiger partial charge in [0.15, 0.2) is 5.76 Å². The highest BCUT2D eigenvalue weighted by Crippen LogP contribution is 2.23. The molecule has 0 radical (unpaired) electrons. The van der Waals surface area contributed by atoms with Crippen LogP contribution >= 0.6 is 11.8 Å². The van der Waals surface area contributed by atoms with Gasteiger partial charge in [-0.15, -0.1) is 10.2 Å². The third-order valence-corrected chi connectivity index (χ3v) is 2.76. The van der Waals surface area contributed by atoms with Gasteiger partial charge in [0.05, 0.1) is 12.0 Å². The first kappa shape index (κ1) is 11.7. The van der Waals surface area contributed by atoms with Crippen molar-refractivity contribution in [3.05, 3.63) is 18.4 Å². The minimum atomic E-state index is -0.00671. The van der Waals surface area contributed by atoms with Crippen molar-refractivity contribution < 1.29 is 13.6 Å². The van der Waals surface area contributed by atoms with Gasteiger partial charge < -0.3 is 13.7 Å². The van der Waals surface area contributed by atoms with Crippen LogP contribution < -0.4 is 0 Å². The number of furan rings is 1. The summed E-state index contributed by atoms with van der Waals surface area (Å²) in [5.41, 5.74) is 0. The number of thioether (sulfide) groups is 1. The summed E-state index contributed by atoms with van der Waals surface area (Å²) >= 11 is 1.20. The summed E-state index contributed by atoms with van der Waals surface area (Å²) in [6.07, 6.45) is 1.53. The first-order valence-corrected chi connectivity index (χ1v) is 5.85. The molecule has 0 unspecified atom stereocenters. The van der Waals surface area contributed by atoms with Crippen LogP contribution in [-0.4, -0.2) is 40.9 Å². The maximum Gasteiger partial charge on any atom is 0.284 e. The van der Waals surface area contributed by atoms with E-state index in [1.165, 1.54) is 22.9 Å². The number of carbonyl (C=O) groups excluding carboxylic acids is 1. The highest BCUT2D eigenvalue weighted by molar-refractivity contribution is 7.99. The molecule has 90 valence electrons. The lowest BCUT2D eigenvalue weighted by Gasteiger charge is -2.07. The fourth-order valence-electron chi connectivity index (χ4n) is 1.02. The molecule has 0 aromatic carbocycles. The molecule has 0 fully saturated rings. The number of amides is 1. The van der Waals surface area contributed by atoms with Crippen LogP contribution in [0.15, 0.2) is 32.5 Å². The van der Waals surface area contributed by atoms with E-state index in [-0.39, 0.29) is 11.7 Å². The van der Waals surface area contributed by atoms with Crippen molar-refractivity contribution in [2.24, 2.45) is 0 Å². The molecule has 0 aliphatic rings. The lowest BCUT2D eigenvalue weighted by molar-refractivity contribution is -0.125. The van der Waals surface area contributed by atoms with E-state index in [0.717, 1.165) is 0 Å². The Morgan fingerprint density at radius 2 is 2.29 bits per heavy atom. The van der Waals surface area contributed by atoms with E-state index in [0.29, 0.717) is 16.9 Å². The van der Waals surface area contributed by atoms with E-state index >= 15 is 0 Å². The molecule has 0 saturated heterocycles. The summed E-state index contributed by atoms with van der Waals surface area (Å²) in [6.45, 7) is 0. The second-order valence-electron chi connectivity index (χ2n) is 3.43. The number of hydrogen-bond acceptors (Lipinski definition) is 6. The van der Waals surface area contributed by atoms with Crippen LogP contribution in [-0.2, 0) is 4.79 Å². The SMILES string of the molecule is CN(C)C(=O)CSc1nnc(-c2ccco2)o1. The molecule has 7 heteroatoms. The van der Waals surface area contributed by atoms with E-state index in [1.807, 2.05) is 0 Å². The molecule has 0 aliphatic carbocycles. The summed E-state index contributed by atoms with van der Waals surface area (Å²) in [7, 11) is 3.40. The van der Waals surface area contributed by atoms with Crippen molar-refractivity contribution in [3.8, 4) is 11.7 Å².